The van der Waals surface area contributed by atoms with Crippen LogP contribution in [0.3, 0.4) is 0 Å². The molecule has 0 fully saturated rings. The lowest BCUT2D eigenvalue weighted by atomic mass is 10.0. The minimum absolute atomic E-state index is 0.370. The lowest BCUT2D eigenvalue weighted by Crippen LogP contribution is -2.28. The smallest absolute Gasteiger partial charge is 0.255 e. The predicted molar refractivity (Wildman–Crippen MR) is 115 cm³/mol. The average molecular weight is 420 g/mol. The van der Waals surface area contributed by atoms with Gasteiger partial charge in [-0.15, -0.1) is 0 Å². The maximum Gasteiger partial charge on any atom is 0.255 e. The van der Waals surface area contributed by atoms with Crippen LogP contribution >= 0.6 is 0 Å². The fraction of sp³-hybridized carbons (Fsp3) is 0.174. The Bertz CT molecular complexity index is 1270. The average Bonchev–Trinajstić information content (AvgIpc) is 3.21. The van der Waals surface area contributed by atoms with Crippen LogP contribution in [0, 0.1) is 5.82 Å². The zero-order chi connectivity index (χ0) is 22.1. The molecule has 158 valence electrons. The molecule has 0 saturated carbocycles. The molecule has 0 aliphatic carbocycles. The van der Waals surface area contributed by atoms with Crippen LogP contribution in [-0.2, 0) is 4.79 Å². The molecule has 3 heterocycles. The Morgan fingerprint density at radius 1 is 1.13 bits per heavy atom. The summed E-state index contributed by atoms with van der Waals surface area (Å²) in [5.74, 6) is -0.258. The first-order valence-corrected chi connectivity index (χ1v) is 9.54. The van der Waals surface area contributed by atoms with Gasteiger partial charge in [0.25, 0.3) is 5.91 Å². The SMILES string of the molecule is COc1ccc(F)cc1-c1c[nH]c2ncc(-c3cncc(C(O)C(=O)N(C)C)c3)cc12. The lowest BCUT2D eigenvalue weighted by molar-refractivity contribution is -0.137. The molecule has 0 saturated heterocycles. The van der Waals surface area contributed by atoms with Gasteiger partial charge in [0.1, 0.15) is 17.2 Å². The van der Waals surface area contributed by atoms with Crippen LogP contribution in [0.1, 0.15) is 11.7 Å². The van der Waals surface area contributed by atoms with Crippen LogP contribution in [0.4, 0.5) is 4.39 Å². The van der Waals surface area contributed by atoms with E-state index in [0.717, 1.165) is 16.5 Å². The fourth-order valence-electron chi connectivity index (χ4n) is 3.43. The number of fused-ring (bicyclic) bond motifs is 1. The number of aromatic nitrogens is 3. The van der Waals surface area contributed by atoms with E-state index >= 15 is 0 Å². The van der Waals surface area contributed by atoms with Crippen LogP contribution < -0.4 is 4.74 Å². The van der Waals surface area contributed by atoms with E-state index in [-0.39, 0.29) is 5.82 Å². The number of halogens is 1. The third-order valence-corrected chi connectivity index (χ3v) is 5.07. The van der Waals surface area contributed by atoms with E-state index < -0.39 is 12.0 Å². The molecule has 2 N–H and O–H groups in total. The highest BCUT2D eigenvalue weighted by Crippen LogP contribution is 2.36. The number of aliphatic hydroxyl groups is 1. The summed E-state index contributed by atoms with van der Waals surface area (Å²) in [6, 6.07) is 7.95. The summed E-state index contributed by atoms with van der Waals surface area (Å²) in [6.07, 6.45) is 5.22. The highest BCUT2D eigenvalue weighted by Gasteiger charge is 2.20. The first-order valence-electron chi connectivity index (χ1n) is 9.54. The van der Waals surface area contributed by atoms with Crippen LogP contribution in [0.15, 0.2) is 55.1 Å². The number of hydrogen-bond donors (Lipinski definition) is 2. The molecular formula is C23H21FN4O3. The summed E-state index contributed by atoms with van der Waals surface area (Å²) in [7, 11) is 4.69. The van der Waals surface area contributed by atoms with Gasteiger partial charge in [-0.1, -0.05) is 0 Å². The summed E-state index contributed by atoms with van der Waals surface area (Å²) >= 11 is 0. The fourth-order valence-corrected chi connectivity index (χ4v) is 3.43. The summed E-state index contributed by atoms with van der Waals surface area (Å²) in [4.78, 5) is 25.2. The van der Waals surface area contributed by atoms with Crippen molar-refractivity contribution in [2.75, 3.05) is 21.2 Å². The number of ether oxygens (including phenoxy) is 1. The number of amides is 1. The molecule has 0 radical (unpaired) electrons. The highest BCUT2D eigenvalue weighted by molar-refractivity contribution is 5.97. The van der Waals surface area contributed by atoms with E-state index in [4.69, 9.17) is 4.74 Å². The molecule has 0 aliphatic heterocycles. The van der Waals surface area contributed by atoms with Crippen LogP contribution in [0.5, 0.6) is 5.75 Å². The molecule has 1 amide bonds. The van der Waals surface area contributed by atoms with E-state index in [1.165, 1.54) is 30.3 Å². The van der Waals surface area contributed by atoms with Crippen LogP contribution in [0.25, 0.3) is 33.3 Å². The normalized spacial score (nSPS) is 12.0. The Kier molecular flexibility index (Phi) is 5.39. The summed E-state index contributed by atoms with van der Waals surface area (Å²) in [5.41, 5.74) is 3.80. The van der Waals surface area contributed by atoms with Gasteiger partial charge in [-0.2, -0.15) is 0 Å². The molecule has 31 heavy (non-hydrogen) atoms. The van der Waals surface area contributed by atoms with Gasteiger partial charge in [0, 0.05) is 72.1 Å². The molecule has 7 nitrogen and oxygen atoms in total. The van der Waals surface area contributed by atoms with Crippen molar-refractivity contribution in [3.63, 3.8) is 0 Å². The number of carbonyl (C=O) groups is 1. The van der Waals surface area contributed by atoms with Gasteiger partial charge in [-0.05, 0) is 30.3 Å². The van der Waals surface area contributed by atoms with E-state index in [0.29, 0.717) is 28.1 Å². The van der Waals surface area contributed by atoms with Crippen molar-refractivity contribution in [2.45, 2.75) is 6.10 Å². The van der Waals surface area contributed by atoms with Crippen molar-refractivity contribution >= 4 is 16.9 Å². The molecule has 1 atom stereocenters. The van der Waals surface area contributed by atoms with Crippen molar-refractivity contribution in [1.82, 2.24) is 19.9 Å². The Hall–Kier alpha value is -3.78. The standard InChI is InChI=1S/C23H21FN4O3/c1-28(2)23(30)21(29)15-6-13(9-25-10-15)14-7-18-19(12-27-22(18)26-11-14)17-8-16(24)4-5-20(17)31-3/h4-12,21,29H,1-3H3,(H,26,27). The molecule has 4 rings (SSSR count). The Morgan fingerprint density at radius 3 is 2.65 bits per heavy atom. The molecular weight excluding hydrogens is 399 g/mol. The van der Waals surface area contributed by atoms with Crippen molar-refractivity contribution in [1.29, 1.82) is 0 Å². The first-order chi connectivity index (χ1) is 14.9. The van der Waals surface area contributed by atoms with Gasteiger partial charge < -0.3 is 19.7 Å². The third kappa shape index (κ3) is 3.85. The minimum Gasteiger partial charge on any atom is -0.496 e. The summed E-state index contributed by atoms with van der Waals surface area (Å²) in [6.45, 7) is 0. The van der Waals surface area contributed by atoms with Crippen molar-refractivity contribution in [3.05, 3.63) is 66.5 Å². The van der Waals surface area contributed by atoms with Gasteiger partial charge in [-0.25, -0.2) is 9.37 Å². The number of benzene rings is 1. The molecule has 3 aromatic heterocycles. The van der Waals surface area contributed by atoms with Gasteiger partial charge in [0.2, 0.25) is 0 Å². The molecule has 0 spiro atoms. The number of H-pyrrole nitrogens is 1. The topological polar surface area (TPSA) is 91.3 Å². The molecule has 1 aromatic carbocycles. The highest BCUT2D eigenvalue weighted by atomic mass is 19.1. The Labute approximate surface area is 178 Å². The minimum atomic E-state index is -1.31. The van der Waals surface area contributed by atoms with E-state index in [1.807, 2.05) is 6.07 Å². The summed E-state index contributed by atoms with van der Waals surface area (Å²) < 4.78 is 19.3. The Balaban J connectivity index is 1.80. The van der Waals surface area contributed by atoms with E-state index in [1.54, 1.807) is 44.8 Å². The molecule has 4 aromatic rings. The number of likely N-dealkylation sites (N-methyl/N-ethyl adjacent to an activating group) is 1. The second-order valence-corrected chi connectivity index (χ2v) is 7.31. The third-order valence-electron chi connectivity index (χ3n) is 5.07. The number of carbonyl (C=O) groups excluding carboxylic acids is 1. The number of hydrogen-bond acceptors (Lipinski definition) is 5. The monoisotopic (exact) mass is 420 g/mol. The number of aromatic amines is 1. The summed E-state index contributed by atoms with van der Waals surface area (Å²) in [5, 5.41) is 11.1. The maximum absolute atomic E-state index is 13.9. The molecule has 0 aliphatic rings. The largest absolute Gasteiger partial charge is 0.496 e. The number of nitrogens with zero attached hydrogens (tertiary/aromatic N) is 3. The number of rotatable bonds is 5. The van der Waals surface area contributed by atoms with E-state index in [2.05, 4.69) is 15.0 Å². The molecule has 1 unspecified atom stereocenters. The van der Waals surface area contributed by atoms with Gasteiger partial charge >= 0.3 is 0 Å². The quantitative estimate of drug-likeness (QED) is 0.515. The van der Waals surface area contributed by atoms with Crippen molar-refractivity contribution < 1.29 is 19.0 Å². The second kappa shape index (κ2) is 8.16. The number of methoxy groups -OCH3 is 1. The van der Waals surface area contributed by atoms with E-state index in [9.17, 15) is 14.3 Å². The zero-order valence-electron chi connectivity index (χ0n) is 17.3. The van der Waals surface area contributed by atoms with Gasteiger partial charge in [0.15, 0.2) is 6.10 Å². The first kappa shape index (κ1) is 20.5. The zero-order valence-corrected chi connectivity index (χ0v) is 17.3. The van der Waals surface area contributed by atoms with Crippen molar-refractivity contribution in [3.8, 4) is 28.0 Å². The molecule has 0 bridgehead atoms. The van der Waals surface area contributed by atoms with Crippen LogP contribution in [-0.4, -0.2) is 52.1 Å². The Morgan fingerprint density at radius 2 is 1.90 bits per heavy atom. The molecule has 8 heteroatoms. The maximum atomic E-state index is 13.9. The number of pyridine rings is 2. The lowest BCUT2D eigenvalue weighted by Gasteiger charge is -2.16. The van der Waals surface area contributed by atoms with Gasteiger partial charge in [-0.3, -0.25) is 9.78 Å². The second-order valence-electron chi connectivity index (χ2n) is 7.31. The number of nitrogens with one attached hydrogen (secondary N) is 1. The predicted octanol–water partition coefficient (Wildman–Crippen LogP) is 3.56. The van der Waals surface area contributed by atoms with Crippen LogP contribution in [0.2, 0.25) is 0 Å². The van der Waals surface area contributed by atoms with Gasteiger partial charge in [0.05, 0.1) is 7.11 Å². The van der Waals surface area contributed by atoms with Crippen molar-refractivity contribution in [2.24, 2.45) is 0 Å². The number of aliphatic hydroxyl groups excluding tert-OH is 1.